The lowest BCUT2D eigenvalue weighted by molar-refractivity contribution is -0.124. The monoisotopic (exact) mass is 451 g/mol. The van der Waals surface area contributed by atoms with Crippen molar-refractivity contribution in [1.29, 1.82) is 0 Å². The van der Waals surface area contributed by atoms with E-state index in [1.165, 1.54) is 0 Å². The molecular formula is C24H29N5O4. The summed E-state index contributed by atoms with van der Waals surface area (Å²) >= 11 is 0. The van der Waals surface area contributed by atoms with E-state index in [1.807, 2.05) is 50.2 Å². The number of benzene rings is 1. The fraction of sp³-hybridized carbons (Fsp3) is 0.417. The molecule has 0 radical (unpaired) electrons. The molecule has 1 aromatic carbocycles. The van der Waals surface area contributed by atoms with Gasteiger partial charge in [-0.25, -0.2) is 9.48 Å². The molecule has 1 aliphatic heterocycles. The van der Waals surface area contributed by atoms with Crippen molar-refractivity contribution >= 4 is 23.0 Å². The maximum atomic E-state index is 12.5. The number of aromatic nitrogens is 3. The van der Waals surface area contributed by atoms with Crippen molar-refractivity contribution in [2.24, 2.45) is 0 Å². The number of pyridine rings is 1. The number of piperidine rings is 1. The predicted molar refractivity (Wildman–Crippen MR) is 124 cm³/mol. The summed E-state index contributed by atoms with van der Waals surface area (Å²) in [5, 5.41) is 8.61. The molecule has 33 heavy (non-hydrogen) atoms. The third-order valence-electron chi connectivity index (χ3n) is 5.72. The number of hydrogen-bond acceptors (Lipinski definition) is 6. The number of rotatable bonds is 6. The number of para-hydroxylation sites is 1. The van der Waals surface area contributed by atoms with Crippen LogP contribution in [0.1, 0.15) is 31.0 Å². The Hall–Kier alpha value is -3.62. The van der Waals surface area contributed by atoms with Crippen LogP contribution in [0.25, 0.3) is 16.7 Å². The highest BCUT2D eigenvalue weighted by atomic mass is 16.6. The summed E-state index contributed by atoms with van der Waals surface area (Å²) in [5.74, 6) is 0.168. The van der Waals surface area contributed by atoms with Crippen LogP contribution in [0.5, 0.6) is 5.88 Å². The molecule has 1 N–H and O–H groups in total. The number of ether oxygens (including phenoxy) is 2. The van der Waals surface area contributed by atoms with Gasteiger partial charge in [-0.1, -0.05) is 18.2 Å². The Labute approximate surface area is 192 Å². The van der Waals surface area contributed by atoms with Crippen LogP contribution in [0.2, 0.25) is 0 Å². The van der Waals surface area contributed by atoms with Crippen LogP contribution >= 0.6 is 0 Å². The van der Waals surface area contributed by atoms with E-state index in [-0.39, 0.29) is 24.6 Å². The molecule has 1 fully saturated rings. The van der Waals surface area contributed by atoms with Gasteiger partial charge in [0.1, 0.15) is 0 Å². The van der Waals surface area contributed by atoms with Crippen LogP contribution in [0.4, 0.5) is 4.79 Å². The molecular weight excluding hydrogens is 422 g/mol. The van der Waals surface area contributed by atoms with Crippen molar-refractivity contribution in [3.8, 4) is 11.6 Å². The molecule has 2 amide bonds. The molecule has 0 spiro atoms. The topological polar surface area (TPSA) is 98.6 Å². The zero-order valence-corrected chi connectivity index (χ0v) is 19.2. The second-order valence-electron chi connectivity index (χ2n) is 8.13. The molecule has 3 aromatic rings. The smallest absolute Gasteiger partial charge is 0.409 e. The third-order valence-corrected chi connectivity index (χ3v) is 5.72. The summed E-state index contributed by atoms with van der Waals surface area (Å²) in [6.45, 7) is 7.08. The molecule has 1 aliphatic rings. The van der Waals surface area contributed by atoms with Crippen molar-refractivity contribution in [1.82, 2.24) is 25.0 Å². The van der Waals surface area contributed by atoms with Gasteiger partial charge in [0, 0.05) is 30.6 Å². The number of aryl methyl sites for hydroxylation is 2. The Morgan fingerprint density at radius 1 is 1.15 bits per heavy atom. The van der Waals surface area contributed by atoms with E-state index in [4.69, 9.17) is 9.47 Å². The first kappa shape index (κ1) is 22.6. The molecule has 9 nitrogen and oxygen atoms in total. The fourth-order valence-corrected chi connectivity index (χ4v) is 4.13. The lowest BCUT2D eigenvalue weighted by Gasteiger charge is -2.31. The zero-order chi connectivity index (χ0) is 23.4. The molecule has 174 valence electrons. The molecule has 9 heteroatoms. The number of nitrogens with zero attached hydrogens (tertiary/aromatic N) is 4. The van der Waals surface area contributed by atoms with Gasteiger partial charge in [0.2, 0.25) is 5.88 Å². The first-order valence-electron chi connectivity index (χ1n) is 11.2. The van der Waals surface area contributed by atoms with E-state index in [2.05, 4.69) is 15.4 Å². The third kappa shape index (κ3) is 5.08. The van der Waals surface area contributed by atoms with Gasteiger partial charge in [0.15, 0.2) is 12.3 Å². The number of amides is 2. The molecule has 0 bridgehead atoms. The summed E-state index contributed by atoms with van der Waals surface area (Å²) in [6.07, 6.45) is 1.07. The molecule has 0 atom stereocenters. The van der Waals surface area contributed by atoms with Crippen LogP contribution in [0.15, 0.2) is 36.4 Å². The number of carbonyl (C=O) groups is 2. The van der Waals surface area contributed by atoms with Gasteiger partial charge in [-0.05, 0) is 51.3 Å². The van der Waals surface area contributed by atoms with E-state index in [0.717, 1.165) is 22.3 Å². The van der Waals surface area contributed by atoms with Gasteiger partial charge >= 0.3 is 6.09 Å². The van der Waals surface area contributed by atoms with Crippen LogP contribution in [0, 0.1) is 13.8 Å². The summed E-state index contributed by atoms with van der Waals surface area (Å²) in [5.41, 5.74) is 3.48. The molecule has 1 saturated heterocycles. The lowest BCUT2D eigenvalue weighted by Crippen LogP contribution is -2.47. The second kappa shape index (κ2) is 9.89. The molecule has 2 aromatic heterocycles. The Bertz CT molecular complexity index is 1140. The van der Waals surface area contributed by atoms with E-state index in [1.54, 1.807) is 16.5 Å². The Morgan fingerprint density at radius 3 is 2.58 bits per heavy atom. The van der Waals surface area contributed by atoms with E-state index < -0.39 is 0 Å². The quantitative estimate of drug-likeness (QED) is 0.618. The number of fused-ring (bicyclic) bond motifs is 1. The molecule has 0 aliphatic carbocycles. The van der Waals surface area contributed by atoms with Gasteiger partial charge in [-0.15, -0.1) is 0 Å². The summed E-state index contributed by atoms with van der Waals surface area (Å²) in [4.78, 5) is 30.6. The second-order valence-corrected chi connectivity index (χ2v) is 8.13. The van der Waals surface area contributed by atoms with E-state index in [9.17, 15) is 9.59 Å². The minimum Gasteiger partial charge on any atom is -0.468 e. The number of likely N-dealkylation sites (tertiary alicyclic amines) is 1. The van der Waals surface area contributed by atoms with Crippen LogP contribution < -0.4 is 10.1 Å². The van der Waals surface area contributed by atoms with Crippen LogP contribution in [-0.2, 0) is 9.53 Å². The molecule has 0 saturated carbocycles. The number of hydrogen-bond donors (Lipinski definition) is 1. The van der Waals surface area contributed by atoms with Crippen molar-refractivity contribution in [3.05, 3.63) is 47.7 Å². The SMILES string of the molecule is CCOC(=O)N1CCC(NC(=O)COc2cc(C)c3c(C)nn(-c4ccccc4)c3n2)CC1. The Kier molecular flexibility index (Phi) is 6.76. The van der Waals surface area contributed by atoms with E-state index >= 15 is 0 Å². The molecule has 4 rings (SSSR count). The highest BCUT2D eigenvalue weighted by Gasteiger charge is 2.24. The maximum Gasteiger partial charge on any atom is 0.409 e. The normalized spacial score (nSPS) is 14.3. The number of carbonyl (C=O) groups excluding carboxylic acids is 2. The highest BCUT2D eigenvalue weighted by Crippen LogP contribution is 2.26. The first-order chi connectivity index (χ1) is 16.0. The Balaban J connectivity index is 1.39. The zero-order valence-electron chi connectivity index (χ0n) is 19.2. The standard InChI is InChI=1S/C24H29N5O4/c1-4-32-24(31)28-12-10-18(11-13-28)25-20(30)15-33-21-14-16(2)22-17(3)27-29(23(22)26-21)19-8-6-5-7-9-19/h5-9,14,18H,4,10-13,15H2,1-3H3,(H,25,30). The van der Waals surface area contributed by atoms with Gasteiger partial charge in [0.05, 0.1) is 18.0 Å². The average Bonchev–Trinajstić information content (AvgIpc) is 3.15. The predicted octanol–water partition coefficient (Wildman–Crippen LogP) is 3.15. The van der Waals surface area contributed by atoms with Gasteiger partial charge < -0.3 is 19.7 Å². The van der Waals surface area contributed by atoms with Crippen LogP contribution in [-0.4, -0.2) is 64.0 Å². The number of nitrogens with one attached hydrogen (secondary N) is 1. The summed E-state index contributed by atoms with van der Waals surface area (Å²) < 4.78 is 12.6. The summed E-state index contributed by atoms with van der Waals surface area (Å²) in [7, 11) is 0. The average molecular weight is 452 g/mol. The Morgan fingerprint density at radius 2 is 1.88 bits per heavy atom. The lowest BCUT2D eigenvalue weighted by atomic mass is 10.1. The van der Waals surface area contributed by atoms with Crippen molar-refractivity contribution < 1.29 is 19.1 Å². The van der Waals surface area contributed by atoms with Crippen molar-refractivity contribution in [2.75, 3.05) is 26.3 Å². The maximum absolute atomic E-state index is 12.5. The van der Waals surface area contributed by atoms with Gasteiger partial charge in [-0.3, -0.25) is 4.79 Å². The van der Waals surface area contributed by atoms with Crippen molar-refractivity contribution in [2.45, 2.75) is 39.7 Å². The van der Waals surface area contributed by atoms with Crippen LogP contribution in [0.3, 0.4) is 0 Å². The minimum absolute atomic E-state index is 0.00566. The molecule has 3 heterocycles. The van der Waals surface area contributed by atoms with Crippen molar-refractivity contribution in [3.63, 3.8) is 0 Å². The van der Waals surface area contributed by atoms with E-state index in [0.29, 0.717) is 44.1 Å². The first-order valence-corrected chi connectivity index (χ1v) is 11.2. The minimum atomic E-state index is -0.299. The molecule has 0 unspecified atom stereocenters. The van der Waals surface area contributed by atoms with Gasteiger partial charge in [0.25, 0.3) is 5.91 Å². The van der Waals surface area contributed by atoms with Gasteiger partial charge in [-0.2, -0.15) is 10.1 Å². The highest BCUT2D eigenvalue weighted by molar-refractivity contribution is 5.84. The fourth-order valence-electron chi connectivity index (χ4n) is 4.13. The summed E-state index contributed by atoms with van der Waals surface area (Å²) in [6, 6.07) is 11.6. The largest absolute Gasteiger partial charge is 0.468 e.